The number of fused-ring (bicyclic) bond motifs is 1. The summed E-state index contributed by atoms with van der Waals surface area (Å²) in [5, 5.41) is 10.2. The topological polar surface area (TPSA) is 82.7 Å². The summed E-state index contributed by atoms with van der Waals surface area (Å²) in [6, 6.07) is 2.10. The maximum Gasteiger partial charge on any atom is 0.348 e. The Morgan fingerprint density at radius 1 is 1.38 bits per heavy atom. The van der Waals surface area contributed by atoms with Crippen LogP contribution in [0.5, 0.6) is 0 Å². The first-order valence-corrected chi connectivity index (χ1v) is 9.21. The number of aromatic carboxylic acids is 1. The predicted molar refractivity (Wildman–Crippen MR) is 99.3 cm³/mol. The van der Waals surface area contributed by atoms with Crippen molar-refractivity contribution in [3.63, 3.8) is 0 Å². The molecule has 0 spiro atoms. The minimum Gasteiger partial charge on any atom is -0.477 e. The molecule has 0 unspecified atom stereocenters. The van der Waals surface area contributed by atoms with Gasteiger partial charge in [-0.25, -0.2) is 9.78 Å². The summed E-state index contributed by atoms with van der Waals surface area (Å²) < 4.78 is 0. The maximum absolute atomic E-state index is 11.4. The second kappa shape index (κ2) is 6.94. The molecule has 0 atom stereocenters. The van der Waals surface area contributed by atoms with Crippen LogP contribution in [0, 0.1) is 0 Å². The minimum absolute atomic E-state index is 0.197. The van der Waals surface area contributed by atoms with E-state index in [4.69, 9.17) is 10.7 Å². The number of anilines is 2. The van der Waals surface area contributed by atoms with E-state index in [9.17, 15) is 9.90 Å². The molecule has 130 valence electrons. The Hall–Kier alpha value is -1.86. The number of nitrogens with two attached hydrogens (primary N) is 1. The first-order valence-electron chi connectivity index (χ1n) is 8.40. The Kier molecular flexibility index (Phi) is 4.91. The van der Waals surface area contributed by atoms with Crippen molar-refractivity contribution in [1.29, 1.82) is 0 Å². The molecule has 0 aliphatic carbocycles. The van der Waals surface area contributed by atoms with Crippen molar-refractivity contribution < 1.29 is 9.90 Å². The number of carbonyl (C=O) groups is 1. The molecule has 0 bridgehead atoms. The summed E-state index contributed by atoms with van der Waals surface area (Å²) in [5.41, 5.74) is 7.58. The third-order valence-corrected chi connectivity index (χ3v) is 5.61. The number of aromatic nitrogens is 1. The zero-order valence-electron chi connectivity index (χ0n) is 14.2. The van der Waals surface area contributed by atoms with Gasteiger partial charge in [-0.3, -0.25) is 0 Å². The second-order valence-electron chi connectivity index (χ2n) is 6.36. The zero-order chi connectivity index (χ0) is 17.3. The molecule has 1 fully saturated rings. The molecule has 1 aliphatic rings. The molecule has 1 saturated heterocycles. The van der Waals surface area contributed by atoms with Crippen molar-refractivity contribution >= 4 is 39.0 Å². The number of carboxylic acid groups (broad SMARTS) is 1. The maximum atomic E-state index is 11.4. The number of hydrogen-bond acceptors (Lipinski definition) is 6. The number of likely N-dealkylation sites (N-methyl/N-ethyl adjacent to an activating group) is 1. The van der Waals surface area contributed by atoms with Crippen molar-refractivity contribution in [2.24, 2.45) is 0 Å². The van der Waals surface area contributed by atoms with Crippen LogP contribution in [0.1, 0.15) is 35.0 Å². The number of pyridine rings is 1. The molecule has 0 radical (unpaired) electrons. The summed E-state index contributed by atoms with van der Waals surface area (Å²) in [7, 11) is 2.14. The quantitative estimate of drug-likeness (QED) is 0.884. The standard InChI is InChI=1S/C17H24N4O2S/c1-3-5-11-10-12(21-7-4-6-20(2)8-9-21)19-16-13(11)14(18)15(24-16)17(22)23/h10H,3-9,18H2,1-2H3,(H,22,23). The van der Waals surface area contributed by atoms with Gasteiger partial charge in [-0.05, 0) is 38.1 Å². The lowest BCUT2D eigenvalue weighted by Gasteiger charge is -2.22. The SMILES string of the molecule is CCCc1cc(N2CCCN(C)CC2)nc2sc(C(=O)O)c(N)c12. The first-order chi connectivity index (χ1) is 11.5. The summed E-state index contributed by atoms with van der Waals surface area (Å²) in [5.74, 6) is -0.0321. The molecule has 0 aromatic carbocycles. The Morgan fingerprint density at radius 3 is 2.88 bits per heavy atom. The highest BCUT2D eigenvalue weighted by atomic mass is 32.1. The number of hydrogen-bond donors (Lipinski definition) is 2. The highest BCUT2D eigenvalue weighted by Crippen LogP contribution is 2.37. The van der Waals surface area contributed by atoms with E-state index < -0.39 is 5.97 Å². The molecule has 0 amide bonds. The Labute approximate surface area is 145 Å². The van der Waals surface area contributed by atoms with Crippen molar-refractivity contribution in [2.45, 2.75) is 26.2 Å². The largest absolute Gasteiger partial charge is 0.477 e. The normalized spacial score (nSPS) is 16.5. The molecule has 0 saturated carbocycles. The monoisotopic (exact) mass is 348 g/mol. The van der Waals surface area contributed by atoms with E-state index in [1.54, 1.807) is 0 Å². The molecule has 3 heterocycles. The van der Waals surface area contributed by atoms with Crippen LogP contribution in [-0.4, -0.2) is 54.2 Å². The third kappa shape index (κ3) is 3.18. The molecular weight excluding hydrogens is 324 g/mol. The molecule has 7 heteroatoms. The van der Waals surface area contributed by atoms with Crippen LogP contribution in [0.3, 0.4) is 0 Å². The number of aryl methyl sites for hydroxylation is 1. The Bertz CT molecular complexity index is 759. The zero-order valence-corrected chi connectivity index (χ0v) is 15.0. The van der Waals surface area contributed by atoms with Crippen molar-refractivity contribution in [2.75, 3.05) is 43.9 Å². The second-order valence-corrected chi connectivity index (χ2v) is 7.36. The van der Waals surface area contributed by atoms with Gasteiger partial charge in [0.25, 0.3) is 0 Å². The smallest absolute Gasteiger partial charge is 0.348 e. The third-order valence-electron chi connectivity index (χ3n) is 4.52. The summed E-state index contributed by atoms with van der Waals surface area (Å²) in [6.07, 6.45) is 2.96. The van der Waals surface area contributed by atoms with Crippen molar-refractivity contribution in [1.82, 2.24) is 9.88 Å². The summed E-state index contributed by atoms with van der Waals surface area (Å²) >= 11 is 1.18. The average Bonchev–Trinajstić information content (AvgIpc) is 2.73. The number of carboxylic acids is 1. The lowest BCUT2D eigenvalue weighted by Crippen LogP contribution is -2.29. The van der Waals surface area contributed by atoms with E-state index >= 15 is 0 Å². The van der Waals surface area contributed by atoms with Crippen LogP contribution in [-0.2, 0) is 6.42 Å². The van der Waals surface area contributed by atoms with Gasteiger partial charge < -0.3 is 20.6 Å². The fraction of sp³-hybridized carbons (Fsp3) is 0.529. The number of nitrogens with zero attached hydrogens (tertiary/aromatic N) is 3. The molecule has 3 N–H and O–H groups in total. The van der Waals surface area contributed by atoms with Gasteiger partial charge in [-0.1, -0.05) is 13.3 Å². The van der Waals surface area contributed by atoms with Gasteiger partial charge in [0, 0.05) is 25.0 Å². The number of nitrogen functional groups attached to an aromatic ring is 1. The summed E-state index contributed by atoms with van der Waals surface area (Å²) in [4.78, 5) is 21.7. The van der Waals surface area contributed by atoms with Crippen molar-refractivity contribution in [3.8, 4) is 0 Å². The number of thiophene rings is 1. The highest BCUT2D eigenvalue weighted by Gasteiger charge is 2.21. The molecule has 1 aliphatic heterocycles. The molecule has 2 aromatic heterocycles. The predicted octanol–water partition coefficient (Wildman–Crippen LogP) is 2.67. The highest BCUT2D eigenvalue weighted by molar-refractivity contribution is 7.21. The van der Waals surface area contributed by atoms with Crippen LogP contribution < -0.4 is 10.6 Å². The van der Waals surface area contributed by atoms with E-state index in [-0.39, 0.29) is 4.88 Å². The van der Waals surface area contributed by atoms with E-state index in [1.807, 2.05) is 0 Å². The minimum atomic E-state index is -0.976. The van der Waals surface area contributed by atoms with Crippen LogP contribution in [0.4, 0.5) is 11.5 Å². The first kappa shape index (κ1) is 17.0. The van der Waals surface area contributed by atoms with Crippen LogP contribution >= 0.6 is 11.3 Å². The molecular formula is C17H24N4O2S. The van der Waals surface area contributed by atoms with Crippen LogP contribution in [0.15, 0.2) is 6.07 Å². The molecule has 6 nitrogen and oxygen atoms in total. The number of rotatable bonds is 4. The average molecular weight is 348 g/mol. The Morgan fingerprint density at radius 2 is 2.17 bits per heavy atom. The van der Waals surface area contributed by atoms with Crippen LogP contribution in [0.25, 0.3) is 10.2 Å². The van der Waals surface area contributed by atoms with Crippen LogP contribution in [0.2, 0.25) is 0 Å². The summed E-state index contributed by atoms with van der Waals surface area (Å²) in [6.45, 7) is 6.13. The van der Waals surface area contributed by atoms with E-state index in [0.29, 0.717) is 5.69 Å². The Balaban J connectivity index is 2.07. The van der Waals surface area contributed by atoms with Gasteiger partial charge in [0.15, 0.2) is 0 Å². The van der Waals surface area contributed by atoms with Gasteiger partial charge in [-0.15, -0.1) is 11.3 Å². The van der Waals surface area contributed by atoms with Gasteiger partial charge in [0.2, 0.25) is 0 Å². The van der Waals surface area contributed by atoms with E-state index in [0.717, 1.165) is 67.0 Å². The van der Waals surface area contributed by atoms with Gasteiger partial charge in [-0.2, -0.15) is 0 Å². The van der Waals surface area contributed by atoms with E-state index in [1.165, 1.54) is 11.3 Å². The molecule has 3 rings (SSSR count). The van der Waals surface area contributed by atoms with Gasteiger partial charge >= 0.3 is 5.97 Å². The fourth-order valence-electron chi connectivity index (χ4n) is 3.25. The van der Waals surface area contributed by atoms with Crippen molar-refractivity contribution in [3.05, 3.63) is 16.5 Å². The molecule has 24 heavy (non-hydrogen) atoms. The lowest BCUT2D eigenvalue weighted by atomic mass is 10.1. The van der Waals surface area contributed by atoms with Gasteiger partial charge in [0.1, 0.15) is 15.5 Å². The fourth-order valence-corrected chi connectivity index (χ4v) is 4.22. The molecule has 2 aromatic rings. The van der Waals surface area contributed by atoms with Gasteiger partial charge in [0.05, 0.1) is 5.69 Å². The lowest BCUT2D eigenvalue weighted by molar-refractivity contribution is 0.0703. The van der Waals surface area contributed by atoms with E-state index in [2.05, 4.69) is 29.8 Å².